The van der Waals surface area contributed by atoms with Crippen LogP contribution < -0.4 is 10.2 Å². The zero-order valence-corrected chi connectivity index (χ0v) is 11.9. The number of nitrogens with one attached hydrogen (secondary N) is 1. The van der Waals surface area contributed by atoms with E-state index in [0.717, 1.165) is 11.6 Å². The van der Waals surface area contributed by atoms with Crippen LogP contribution in [-0.2, 0) is 0 Å². The standard InChI is InChI=1S/C16H17ClN2/c1-16(2)11-19(13-9-7-12(17)8-10-13)15-6-4-3-5-14(15)18-16/h3-10,18H,11H2,1-2H3. The summed E-state index contributed by atoms with van der Waals surface area (Å²) >= 11 is 5.98. The van der Waals surface area contributed by atoms with Gasteiger partial charge in [0.05, 0.1) is 11.4 Å². The number of para-hydroxylation sites is 2. The van der Waals surface area contributed by atoms with Gasteiger partial charge in [0.25, 0.3) is 0 Å². The van der Waals surface area contributed by atoms with Gasteiger partial charge < -0.3 is 10.2 Å². The van der Waals surface area contributed by atoms with E-state index < -0.39 is 0 Å². The summed E-state index contributed by atoms with van der Waals surface area (Å²) in [5, 5.41) is 4.35. The second-order valence-electron chi connectivity index (χ2n) is 5.59. The Balaban J connectivity index is 2.08. The lowest BCUT2D eigenvalue weighted by atomic mass is 9.98. The maximum atomic E-state index is 5.98. The van der Waals surface area contributed by atoms with E-state index >= 15 is 0 Å². The van der Waals surface area contributed by atoms with E-state index in [0.29, 0.717) is 0 Å². The number of nitrogens with zero attached hydrogens (tertiary/aromatic N) is 1. The van der Waals surface area contributed by atoms with Gasteiger partial charge in [0, 0.05) is 22.8 Å². The molecule has 0 saturated heterocycles. The van der Waals surface area contributed by atoms with Crippen molar-refractivity contribution in [3.63, 3.8) is 0 Å². The molecule has 2 aromatic rings. The minimum Gasteiger partial charge on any atom is -0.377 e. The van der Waals surface area contributed by atoms with Crippen molar-refractivity contribution in [3.8, 4) is 0 Å². The maximum absolute atomic E-state index is 5.98. The van der Waals surface area contributed by atoms with Crippen LogP contribution in [0, 0.1) is 0 Å². The van der Waals surface area contributed by atoms with Crippen molar-refractivity contribution in [1.82, 2.24) is 0 Å². The second-order valence-corrected chi connectivity index (χ2v) is 6.03. The molecule has 3 rings (SSSR count). The molecule has 3 heteroatoms. The van der Waals surface area contributed by atoms with Gasteiger partial charge in [-0.25, -0.2) is 0 Å². The van der Waals surface area contributed by atoms with E-state index in [2.05, 4.69) is 60.5 Å². The van der Waals surface area contributed by atoms with E-state index in [1.165, 1.54) is 17.1 Å². The van der Waals surface area contributed by atoms with Crippen LogP contribution in [0.1, 0.15) is 13.8 Å². The van der Waals surface area contributed by atoms with E-state index in [-0.39, 0.29) is 5.54 Å². The number of benzene rings is 2. The van der Waals surface area contributed by atoms with Crippen LogP contribution in [0.15, 0.2) is 48.5 Å². The SMILES string of the molecule is CC1(C)CN(c2ccc(Cl)cc2)c2ccccc2N1. The molecule has 0 spiro atoms. The van der Waals surface area contributed by atoms with Gasteiger partial charge in [-0.15, -0.1) is 0 Å². The van der Waals surface area contributed by atoms with Gasteiger partial charge in [-0.1, -0.05) is 23.7 Å². The van der Waals surface area contributed by atoms with Crippen LogP contribution >= 0.6 is 11.6 Å². The maximum Gasteiger partial charge on any atom is 0.0647 e. The normalized spacial score (nSPS) is 16.7. The Labute approximate surface area is 119 Å². The number of anilines is 3. The summed E-state index contributed by atoms with van der Waals surface area (Å²) in [5.41, 5.74) is 3.60. The molecule has 1 aliphatic heterocycles. The third-order valence-corrected chi connectivity index (χ3v) is 3.61. The zero-order chi connectivity index (χ0) is 13.5. The molecule has 0 radical (unpaired) electrons. The quantitative estimate of drug-likeness (QED) is 0.811. The molecule has 0 fully saturated rings. The van der Waals surface area contributed by atoms with Gasteiger partial charge in [-0.3, -0.25) is 0 Å². The Bertz CT molecular complexity index is 590. The molecule has 0 aliphatic carbocycles. The summed E-state index contributed by atoms with van der Waals surface area (Å²) < 4.78 is 0. The van der Waals surface area contributed by atoms with Crippen molar-refractivity contribution in [3.05, 3.63) is 53.6 Å². The average Bonchev–Trinajstić information content (AvgIpc) is 2.37. The molecule has 98 valence electrons. The van der Waals surface area contributed by atoms with Gasteiger partial charge >= 0.3 is 0 Å². The van der Waals surface area contributed by atoms with Gasteiger partial charge in [0.15, 0.2) is 0 Å². The lowest BCUT2D eigenvalue weighted by molar-refractivity contribution is 0.560. The Kier molecular flexibility index (Phi) is 2.90. The van der Waals surface area contributed by atoms with Gasteiger partial charge in [0.1, 0.15) is 0 Å². The lowest BCUT2D eigenvalue weighted by Crippen LogP contribution is -2.46. The molecule has 0 saturated carbocycles. The van der Waals surface area contributed by atoms with E-state index in [1.54, 1.807) is 0 Å². The van der Waals surface area contributed by atoms with Crippen molar-refractivity contribution in [2.45, 2.75) is 19.4 Å². The van der Waals surface area contributed by atoms with Crippen LogP contribution in [0.2, 0.25) is 5.02 Å². The van der Waals surface area contributed by atoms with Crippen molar-refractivity contribution in [1.29, 1.82) is 0 Å². The van der Waals surface area contributed by atoms with Crippen LogP contribution in [0.25, 0.3) is 0 Å². The number of hydrogen-bond donors (Lipinski definition) is 1. The first kappa shape index (κ1) is 12.4. The molecule has 1 aliphatic rings. The topological polar surface area (TPSA) is 15.3 Å². The van der Waals surface area contributed by atoms with Crippen LogP contribution in [0.3, 0.4) is 0 Å². The molecular weight excluding hydrogens is 256 g/mol. The Morgan fingerprint density at radius 2 is 1.74 bits per heavy atom. The van der Waals surface area contributed by atoms with Crippen LogP contribution in [0.4, 0.5) is 17.1 Å². The highest BCUT2D eigenvalue weighted by Crippen LogP contribution is 2.38. The van der Waals surface area contributed by atoms with E-state index in [1.807, 2.05) is 12.1 Å². The first-order chi connectivity index (χ1) is 9.05. The smallest absolute Gasteiger partial charge is 0.0647 e. The molecule has 0 atom stereocenters. The summed E-state index contributed by atoms with van der Waals surface area (Å²) in [6.07, 6.45) is 0. The third-order valence-electron chi connectivity index (χ3n) is 3.36. The van der Waals surface area contributed by atoms with Gasteiger partial charge in [-0.05, 0) is 50.2 Å². The lowest BCUT2D eigenvalue weighted by Gasteiger charge is -2.42. The number of halogens is 1. The largest absolute Gasteiger partial charge is 0.377 e. The second kappa shape index (κ2) is 4.46. The molecule has 1 N–H and O–H groups in total. The minimum absolute atomic E-state index is 0.0357. The van der Waals surface area contributed by atoms with Crippen molar-refractivity contribution in [2.75, 3.05) is 16.8 Å². The molecule has 0 aromatic heterocycles. The predicted molar refractivity (Wildman–Crippen MR) is 82.6 cm³/mol. The summed E-state index contributed by atoms with van der Waals surface area (Å²) in [7, 11) is 0. The molecule has 2 aromatic carbocycles. The van der Waals surface area contributed by atoms with Crippen molar-refractivity contribution >= 4 is 28.7 Å². The Morgan fingerprint density at radius 1 is 1.05 bits per heavy atom. The fraction of sp³-hybridized carbons (Fsp3) is 0.250. The fourth-order valence-electron chi connectivity index (χ4n) is 2.55. The first-order valence-electron chi connectivity index (χ1n) is 6.45. The fourth-order valence-corrected chi connectivity index (χ4v) is 2.68. The third kappa shape index (κ3) is 2.41. The summed E-state index contributed by atoms with van der Waals surface area (Å²) in [5.74, 6) is 0. The molecular formula is C16H17ClN2. The highest BCUT2D eigenvalue weighted by Gasteiger charge is 2.29. The molecule has 19 heavy (non-hydrogen) atoms. The molecule has 1 heterocycles. The highest BCUT2D eigenvalue weighted by atomic mass is 35.5. The monoisotopic (exact) mass is 272 g/mol. The van der Waals surface area contributed by atoms with Gasteiger partial charge in [-0.2, -0.15) is 0 Å². The first-order valence-corrected chi connectivity index (χ1v) is 6.83. The van der Waals surface area contributed by atoms with E-state index in [9.17, 15) is 0 Å². The Morgan fingerprint density at radius 3 is 2.47 bits per heavy atom. The Hall–Kier alpha value is -1.67. The average molecular weight is 273 g/mol. The number of rotatable bonds is 1. The van der Waals surface area contributed by atoms with E-state index in [4.69, 9.17) is 11.6 Å². The number of fused-ring (bicyclic) bond motifs is 1. The minimum atomic E-state index is 0.0357. The molecule has 2 nitrogen and oxygen atoms in total. The summed E-state index contributed by atoms with van der Waals surface area (Å²) in [6, 6.07) is 16.4. The predicted octanol–water partition coefficient (Wildman–Crippen LogP) is 4.68. The molecule has 0 unspecified atom stereocenters. The number of hydrogen-bond acceptors (Lipinski definition) is 2. The summed E-state index contributed by atoms with van der Waals surface area (Å²) in [6.45, 7) is 5.35. The van der Waals surface area contributed by atoms with Crippen molar-refractivity contribution < 1.29 is 0 Å². The molecule has 0 bridgehead atoms. The highest BCUT2D eigenvalue weighted by molar-refractivity contribution is 6.30. The van der Waals surface area contributed by atoms with Crippen molar-refractivity contribution in [2.24, 2.45) is 0 Å². The van der Waals surface area contributed by atoms with Crippen LogP contribution in [-0.4, -0.2) is 12.1 Å². The van der Waals surface area contributed by atoms with Crippen LogP contribution in [0.5, 0.6) is 0 Å². The molecule has 0 amide bonds. The zero-order valence-electron chi connectivity index (χ0n) is 11.2. The van der Waals surface area contributed by atoms with Gasteiger partial charge in [0.2, 0.25) is 0 Å². The summed E-state index contributed by atoms with van der Waals surface area (Å²) in [4.78, 5) is 2.34.